The Hall–Kier alpha value is -3.72. The lowest BCUT2D eigenvalue weighted by Crippen LogP contribution is -2.21. The first kappa shape index (κ1) is 20.2. The Kier molecular flexibility index (Phi) is 5.32. The molecule has 1 unspecified atom stereocenters. The van der Waals surface area contributed by atoms with Gasteiger partial charge in [0.1, 0.15) is 11.9 Å². The molecular weight excluding hydrogens is 415 g/mol. The number of ether oxygens (including phenoxy) is 3. The molecule has 9 heteroatoms. The Morgan fingerprint density at radius 2 is 1.97 bits per heavy atom. The third-order valence-electron chi connectivity index (χ3n) is 5.24. The van der Waals surface area contributed by atoms with E-state index in [1.165, 1.54) is 12.1 Å². The number of aromatic nitrogens is 4. The third-order valence-corrected chi connectivity index (χ3v) is 5.24. The number of benzene rings is 2. The summed E-state index contributed by atoms with van der Waals surface area (Å²) in [6.07, 6.45) is -0.203. The quantitative estimate of drug-likeness (QED) is 0.442. The van der Waals surface area contributed by atoms with Gasteiger partial charge in [0.05, 0.1) is 32.6 Å². The van der Waals surface area contributed by atoms with Crippen molar-refractivity contribution in [3.63, 3.8) is 0 Å². The average molecular weight is 436 g/mol. The van der Waals surface area contributed by atoms with E-state index in [0.717, 1.165) is 16.8 Å². The number of methoxy groups -OCH3 is 1. The van der Waals surface area contributed by atoms with Crippen LogP contribution in [0.2, 0.25) is 0 Å². The fourth-order valence-corrected chi connectivity index (χ4v) is 3.64. The summed E-state index contributed by atoms with van der Waals surface area (Å²) in [7, 11) is 1.59. The van der Waals surface area contributed by atoms with Crippen LogP contribution in [0, 0.1) is 5.82 Å². The highest BCUT2D eigenvalue weighted by molar-refractivity contribution is 5.62. The summed E-state index contributed by atoms with van der Waals surface area (Å²) in [5.41, 5.74) is 3.12. The first-order valence-corrected chi connectivity index (χ1v) is 10.2. The Labute approximate surface area is 183 Å². The minimum atomic E-state index is -0.274. The Bertz CT molecular complexity index is 1240. The molecule has 1 aliphatic rings. The van der Waals surface area contributed by atoms with E-state index < -0.39 is 0 Å². The molecule has 4 aromatic rings. The van der Waals surface area contributed by atoms with E-state index in [2.05, 4.69) is 15.2 Å². The predicted octanol–water partition coefficient (Wildman–Crippen LogP) is 4.42. The van der Waals surface area contributed by atoms with Crippen molar-refractivity contribution < 1.29 is 23.1 Å². The van der Waals surface area contributed by atoms with E-state index >= 15 is 0 Å². The molecule has 3 heterocycles. The Morgan fingerprint density at radius 3 is 2.75 bits per heavy atom. The molecule has 0 amide bonds. The van der Waals surface area contributed by atoms with Crippen LogP contribution in [-0.4, -0.2) is 33.6 Å². The van der Waals surface area contributed by atoms with E-state index in [1.807, 2.05) is 29.8 Å². The van der Waals surface area contributed by atoms with Crippen LogP contribution >= 0.6 is 0 Å². The zero-order chi connectivity index (χ0) is 22.1. The van der Waals surface area contributed by atoms with Crippen LogP contribution in [0.25, 0.3) is 23.0 Å². The van der Waals surface area contributed by atoms with E-state index in [9.17, 15) is 4.39 Å². The summed E-state index contributed by atoms with van der Waals surface area (Å²) < 4.78 is 37.4. The van der Waals surface area contributed by atoms with Gasteiger partial charge >= 0.3 is 0 Å². The fraction of sp³-hybridized carbons (Fsp3) is 0.261. The summed E-state index contributed by atoms with van der Waals surface area (Å²) >= 11 is 0. The van der Waals surface area contributed by atoms with Crippen LogP contribution in [0.15, 0.2) is 53.1 Å². The molecule has 8 nitrogen and oxygen atoms in total. The normalized spacial score (nSPS) is 15.4. The molecule has 0 saturated carbocycles. The highest BCUT2D eigenvalue weighted by Gasteiger charge is 2.24. The minimum absolute atomic E-state index is 0.203. The van der Waals surface area contributed by atoms with Gasteiger partial charge in [-0.2, -0.15) is 10.1 Å². The number of hydrogen-bond donors (Lipinski definition) is 0. The van der Waals surface area contributed by atoms with Crippen molar-refractivity contribution in [2.75, 3.05) is 13.7 Å². The second kappa shape index (κ2) is 8.43. The Balaban J connectivity index is 1.38. The molecule has 5 rings (SSSR count). The Morgan fingerprint density at radius 1 is 1.12 bits per heavy atom. The zero-order valence-corrected chi connectivity index (χ0v) is 17.6. The molecule has 0 radical (unpaired) electrons. The van der Waals surface area contributed by atoms with Gasteiger partial charge in [-0.15, -0.1) is 0 Å². The van der Waals surface area contributed by atoms with E-state index in [1.54, 1.807) is 25.3 Å². The highest BCUT2D eigenvalue weighted by Crippen LogP contribution is 2.33. The molecule has 0 saturated heterocycles. The average Bonchev–Trinajstić information content (AvgIpc) is 3.46. The van der Waals surface area contributed by atoms with Crippen LogP contribution in [0.5, 0.6) is 11.5 Å². The number of rotatable bonds is 6. The van der Waals surface area contributed by atoms with Crippen LogP contribution < -0.4 is 9.47 Å². The van der Waals surface area contributed by atoms with Crippen molar-refractivity contribution in [1.82, 2.24) is 19.9 Å². The molecule has 164 valence electrons. The van der Waals surface area contributed by atoms with Gasteiger partial charge in [-0.05, 0) is 48.9 Å². The second-order valence-electron chi connectivity index (χ2n) is 7.28. The lowest BCUT2D eigenvalue weighted by molar-refractivity contribution is -0.00116. The van der Waals surface area contributed by atoms with E-state index in [4.69, 9.17) is 18.7 Å². The molecule has 0 bridgehead atoms. The first-order chi connectivity index (χ1) is 15.6. The molecule has 1 atom stereocenters. The standard InChI is InChI=1S/C23H21FN4O4/c1-3-30-20-10-15(6-9-19(20)29-2)22-25-23(32-27-22)18-11-17-13-31-21(12-28(17)26-18)14-4-7-16(24)8-5-14/h4-11,21H,3,12-13H2,1-2H3. The van der Waals surface area contributed by atoms with Gasteiger partial charge in [-0.25, -0.2) is 4.39 Å². The van der Waals surface area contributed by atoms with Crippen molar-refractivity contribution in [3.05, 3.63) is 65.6 Å². The molecule has 2 aromatic carbocycles. The summed E-state index contributed by atoms with van der Waals surface area (Å²) in [6.45, 7) is 3.31. The van der Waals surface area contributed by atoms with Crippen LogP contribution in [-0.2, 0) is 17.9 Å². The first-order valence-electron chi connectivity index (χ1n) is 10.2. The van der Waals surface area contributed by atoms with E-state index in [-0.39, 0.29) is 11.9 Å². The van der Waals surface area contributed by atoms with Gasteiger partial charge < -0.3 is 18.7 Å². The van der Waals surface area contributed by atoms with Crippen molar-refractivity contribution in [1.29, 1.82) is 0 Å². The van der Waals surface area contributed by atoms with Gasteiger partial charge in [0.15, 0.2) is 17.2 Å². The smallest absolute Gasteiger partial charge is 0.278 e. The topological polar surface area (TPSA) is 84.4 Å². The molecule has 0 spiro atoms. The SMILES string of the molecule is CCOc1cc(-c2noc(-c3cc4n(n3)CC(c3ccc(F)cc3)OC4)n2)ccc1OC. The maximum Gasteiger partial charge on any atom is 0.278 e. The van der Waals surface area contributed by atoms with E-state index in [0.29, 0.717) is 48.7 Å². The highest BCUT2D eigenvalue weighted by atomic mass is 19.1. The molecule has 2 aromatic heterocycles. The summed E-state index contributed by atoms with van der Waals surface area (Å²) in [5.74, 6) is 1.71. The van der Waals surface area contributed by atoms with Crippen LogP contribution in [0.1, 0.15) is 24.3 Å². The number of halogens is 1. The van der Waals surface area contributed by atoms with Gasteiger partial charge in [0.2, 0.25) is 5.82 Å². The molecule has 0 N–H and O–H groups in total. The summed E-state index contributed by atoms with van der Waals surface area (Å²) in [4.78, 5) is 4.51. The fourth-order valence-electron chi connectivity index (χ4n) is 3.64. The van der Waals surface area contributed by atoms with Gasteiger partial charge in [0.25, 0.3) is 5.89 Å². The molecule has 0 fully saturated rings. The monoisotopic (exact) mass is 436 g/mol. The minimum Gasteiger partial charge on any atom is -0.493 e. The molecule has 0 aliphatic carbocycles. The van der Waals surface area contributed by atoms with Crippen LogP contribution in [0.4, 0.5) is 4.39 Å². The maximum absolute atomic E-state index is 13.2. The second-order valence-corrected chi connectivity index (χ2v) is 7.28. The predicted molar refractivity (Wildman–Crippen MR) is 113 cm³/mol. The lowest BCUT2D eigenvalue weighted by atomic mass is 10.1. The maximum atomic E-state index is 13.2. The summed E-state index contributed by atoms with van der Waals surface area (Å²) in [6, 6.07) is 13.6. The van der Waals surface area contributed by atoms with Crippen LogP contribution in [0.3, 0.4) is 0 Å². The third kappa shape index (κ3) is 3.82. The molecular formula is C23H21FN4O4. The number of nitrogens with zero attached hydrogens (tertiary/aromatic N) is 4. The summed E-state index contributed by atoms with van der Waals surface area (Å²) in [5, 5.41) is 8.72. The van der Waals surface area contributed by atoms with Crippen molar-refractivity contribution in [2.24, 2.45) is 0 Å². The lowest BCUT2D eigenvalue weighted by Gasteiger charge is -2.24. The number of hydrogen-bond acceptors (Lipinski definition) is 7. The van der Waals surface area contributed by atoms with Gasteiger partial charge in [-0.3, -0.25) is 4.68 Å². The van der Waals surface area contributed by atoms with Gasteiger partial charge in [0, 0.05) is 5.56 Å². The molecule has 32 heavy (non-hydrogen) atoms. The number of fused-ring (bicyclic) bond motifs is 1. The van der Waals surface area contributed by atoms with Crippen molar-refractivity contribution in [2.45, 2.75) is 26.2 Å². The zero-order valence-electron chi connectivity index (χ0n) is 17.6. The van der Waals surface area contributed by atoms with Gasteiger partial charge in [-0.1, -0.05) is 17.3 Å². The largest absolute Gasteiger partial charge is 0.493 e. The van der Waals surface area contributed by atoms with Crippen molar-refractivity contribution in [3.8, 4) is 34.5 Å². The van der Waals surface area contributed by atoms with Crippen molar-refractivity contribution >= 4 is 0 Å². The molecule has 1 aliphatic heterocycles.